The molecule has 22 heavy (non-hydrogen) atoms. The molecule has 1 N–H and O–H groups in total. The summed E-state index contributed by atoms with van der Waals surface area (Å²) in [5, 5.41) is 9.16. The van der Waals surface area contributed by atoms with E-state index in [0.29, 0.717) is 12.8 Å². The Hall–Kier alpha value is -1.59. The number of thiophene rings is 1. The number of rotatable bonds is 5. The summed E-state index contributed by atoms with van der Waals surface area (Å²) in [6.07, 6.45) is 4.16. The van der Waals surface area contributed by atoms with Crippen molar-refractivity contribution in [3.63, 3.8) is 0 Å². The monoisotopic (exact) mass is 319 g/mol. The van der Waals surface area contributed by atoms with E-state index >= 15 is 0 Å². The third-order valence-corrected chi connectivity index (χ3v) is 5.64. The number of carbonyl (C=O) groups is 1. The summed E-state index contributed by atoms with van der Waals surface area (Å²) in [5.74, 6) is 0.0694. The van der Waals surface area contributed by atoms with Crippen LogP contribution in [0.2, 0.25) is 0 Å². The summed E-state index contributed by atoms with van der Waals surface area (Å²) in [6.45, 7) is 3.75. The van der Waals surface area contributed by atoms with Crippen molar-refractivity contribution in [3.05, 3.63) is 46.0 Å². The third kappa shape index (κ3) is 3.10. The molecule has 0 spiro atoms. The highest BCUT2D eigenvalue weighted by Gasteiger charge is 2.32. The molecule has 3 rings (SSSR count). The number of likely N-dealkylation sites (tertiary alicyclic amines) is 1. The van der Waals surface area contributed by atoms with E-state index in [1.165, 1.54) is 9.75 Å². The van der Waals surface area contributed by atoms with Crippen LogP contribution in [0.4, 0.5) is 0 Å². The second-order valence-electron chi connectivity index (χ2n) is 5.72. The number of nitrogens with zero attached hydrogens (tertiary/aromatic N) is 1. The van der Waals surface area contributed by atoms with E-state index in [9.17, 15) is 4.79 Å². The molecule has 1 aliphatic heterocycles. The van der Waals surface area contributed by atoms with Crippen molar-refractivity contribution in [2.24, 2.45) is 5.92 Å². The first kappa shape index (κ1) is 15.3. The molecule has 1 fully saturated rings. The van der Waals surface area contributed by atoms with E-state index < -0.39 is 5.97 Å². The van der Waals surface area contributed by atoms with Crippen molar-refractivity contribution >= 4 is 17.3 Å². The van der Waals surface area contributed by atoms with E-state index in [1.807, 2.05) is 23.5 Å². The molecule has 0 bridgehead atoms. The largest absolute Gasteiger partial charge is 0.481 e. The maximum absolute atomic E-state index is 11.1. The van der Waals surface area contributed by atoms with Gasteiger partial charge in [0.1, 0.15) is 11.8 Å². The summed E-state index contributed by atoms with van der Waals surface area (Å²) in [7, 11) is 0. The van der Waals surface area contributed by atoms with Crippen molar-refractivity contribution in [2.45, 2.75) is 32.2 Å². The Morgan fingerprint density at radius 3 is 2.73 bits per heavy atom. The van der Waals surface area contributed by atoms with Gasteiger partial charge >= 0.3 is 5.97 Å². The molecule has 1 unspecified atom stereocenters. The van der Waals surface area contributed by atoms with Gasteiger partial charge in [-0.2, -0.15) is 0 Å². The van der Waals surface area contributed by atoms with Gasteiger partial charge in [-0.25, -0.2) is 0 Å². The van der Waals surface area contributed by atoms with E-state index in [-0.39, 0.29) is 12.0 Å². The molecule has 1 aliphatic rings. The molecule has 5 heteroatoms. The zero-order valence-corrected chi connectivity index (χ0v) is 13.5. The third-order valence-electron chi connectivity index (χ3n) is 4.36. The minimum atomic E-state index is -0.668. The number of piperidine rings is 1. The van der Waals surface area contributed by atoms with Gasteiger partial charge in [0.15, 0.2) is 0 Å². The SMILES string of the molecule is CCc1ccc(C(c2ccco2)N2CCC(C(=O)O)CC2)s1. The van der Waals surface area contributed by atoms with Crippen molar-refractivity contribution in [1.82, 2.24) is 4.90 Å². The van der Waals surface area contributed by atoms with E-state index in [0.717, 1.165) is 25.3 Å². The van der Waals surface area contributed by atoms with Crippen LogP contribution < -0.4 is 0 Å². The van der Waals surface area contributed by atoms with Crippen LogP contribution in [-0.2, 0) is 11.2 Å². The molecule has 0 radical (unpaired) electrons. The number of carboxylic acid groups (broad SMARTS) is 1. The fourth-order valence-electron chi connectivity index (χ4n) is 3.08. The predicted molar refractivity (Wildman–Crippen MR) is 86.2 cm³/mol. The highest BCUT2D eigenvalue weighted by Crippen LogP contribution is 2.36. The molecule has 2 aromatic heterocycles. The minimum absolute atomic E-state index is 0.107. The Morgan fingerprint density at radius 1 is 1.41 bits per heavy atom. The number of aliphatic carboxylic acids is 1. The second-order valence-corrected chi connectivity index (χ2v) is 6.92. The minimum Gasteiger partial charge on any atom is -0.481 e. The zero-order valence-electron chi connectivity index (χ0n) is 12.7. The predicted octanol–water partition coefficient (Wildman–Crippen LogP) is 3.79. The topological polar surface area (TPSA) is 53.7 Å². The maximum Gasteiger partial charge on any atom is 0.306 e. The van der Waals surface area contributed by atoms with Crippen LogP contribution in [0.1, 0.15) is 41.3 Å². The lowest BCUT2D eigenvalue weighted by Gasteiger charge is -2.35. The Labute approximate surface area is 134 Å². The fourth-order valence-corrected chi connectivity index (χ4v) is 4.18. The first-order valence-electron chi connectivity index (χ1n) is 7.78. The quantitative estimate of drug-likeness (QED) is 0.911. The first-order valence-corrected chi connectivity index (χ1v) is 8.59. The maximum atomic E-state index is 11.1. The summed E-state index contributed by atoms with van der Waals surface area (Å²) >= 11 is 1.82. The van der Waals surface area contributed by atoms with Gasteiger partial charge in [0, 0.05) is 22.8 Å². The normalized spacial score (nSPS) is 18.4. The molecule has 1 saturated heterocycles. The average Bonchev–Trinajstić information content (AvgIpc) is 3.20. The molecule has 0 aromatic carbocycles. The van der Waals surface area contributed by atoms with Gasteiger partial charge in [-0.1, -0.05) is 6.92 Å². The average molecular weight is 319 g/mol. The molecule has 0 aliphatic carbocycles. The van der Waals surface area contributed by atoms with Crippen molar-refractivity contribution in [1.29, 1.82) is 0 Å². The smallest absolute Gasteiger partial charge is 0.306 e. The van der Waals surface area contributed by atoms with Crippen LogP contribution in [0.3, 0.4) is 0 Å². The van der Waals surface area contributed by atoms with E-state index in [1.54, 1.807) is 6.26 Å². The highest BCUT2D eigenvalue weighted by atomic mass is 32.1. The Kier molecular flexibility index (Phi) is 4.64. The highest BCUT2D eigenvalue weighted by molar-refractivity contribution is 7.12. The van der Waals surface area contributed by atoms with Crippen molar-refractivity contribution in [3.8, 4) is 0 Å². The molecule has 118 valence electrons. The van der Waals surface area contributed by atoms with Crippen LogP contribution >= 0.6 is 11.3 Å². The van der Waals surface area contributed by atoms with E-state index in [2.05, 4.69) is 24.0 Å². The standard InChI is InChI=1S/C17H21NO3S/c1-2-13-5-6-15(22-13)16(14-4-3-11-21-14)18-9-7-12(8-10-18)17(19)20/h3-6,11-12,16H,2,7-10H2,1H3,(H,19,20). The number of furan rings is 1. The Balaban J connectivity index is 1.82. The summed E-state index contributed by atoms with van der Waals surface area (Å²) in [6, 6.07) is 8.40. The summed E-state index contributed by atoms with van der Waals surface area (Å²) in [4.78, 5) is 16.1. The lowest BCUT2D eigenvalue weighted by Crippen LogP contribution is -2.38. The van der Waals surface area contributed by atoms with Crippen molar-refractivity contribution < 1.29 is 14.3 Å². The Bertz CT molecular complexity index is 612. The van der Waals surface area contributed by atoms with Gasteiger partial charge in [0.05, 0.1) is 12.2 Å². The van der Waals surface area contributed by atoms with Crippen LogP contribution in [0.15, 0.2) is 34.9 Å². The van der Waals surface area contributed by atoms with Gasteiger partial charge < -0.3 is 9.52 Å². The van der Waals surface area contributed by atoms with E-state index in [4.69, 9.17) is 9.52 Å². The molecule has 0 amide bonds. The lowest BCUT2D eigenvalue weighted by atomic mass is 9.95. The number of aryl methyl sites for hydroxylation is 1. The molecule has 2 aromatic rings. The van der Waals surface area contributed by atoms with Gasteiger partial charge in [0.25, 0.3) is 0 Å². The zero-order chi connectivity index (χ0) is 15.5. The molecule has 3 heterocycles. The second kappa shape index (κ2) is 6.67. The number of hydrogen-bond acceptors (Lipinski definition) is 4. The lowest BCUT2D eigenvalue weighted by molar-refractivity contribution is -0.143. The van der Waals surface area contributed by atoms with Crippen LogP contribution in [-0.4, -0.2) is 29.1 Å². The number of hydrogen-bond donors (Lipinski definition) is 1. The fraction of sp³-hybridized carbons (Fsp3) is 0.471. The molecule has 4 nitrogen and oxygen atoms in total. The van der Waals surface area contributed by atoms with Crippen molar-refractivity contribution in [2.75, 3.05) is 13.1 Å². The van der Waals surface area contributed by atoms with Crippen LogP contribution in [0.5, 0.6) is 0 Å². The molecule has 1 atom stereocenters. The molecular weight excluding hydrogens is 298 g/mol. The Morgan fingerprint density at radius 2 is 2.18 bits per heavy atom. The van der Waals surface area contributed by atoms with Gasteiger partial charge in [-0.15, -0.1) is 11.3 Å². The summed E-state index contributed by atoms with van der Waals surface area (Å²) < 4.78 is 5.67. The van der Waals surface area contributed by atoms with Gasteiger partial charge in [0.2, 0.25) is 0 Å². The number of carboxylic acids is 1. The molecular formula is C17H21NO3S. The van der Waals surface area contributed by atoms with Gasteiger partial charge in [-0.3, -0.25) is 9.69 Å². The van der Waals surface area contributed by atoms with Crippen LogP contribution in [0.25, 0.3) is 0 Å². The molecule has 0 saturated carbocycles. The first-order chi connectivity index (χ1) is 10.7. The van der Waals surface area contributed by atoms with Crippen LogP contribution in [0, 0.1) is 5.92 Å². The summed E-state index contributed by atoms with van der Waals surface area (Å²) in [5.41, 5.74) is 0. The van der Waals surface area contributed by atoms with Gasteiger partial charge in [-0.05, 0) is 43.5 Å².